The van der Waals surface area contributed by atoms with Crippen molar-refractivity contribution >= 4 is 36.0 Å². The van der Waals surface area contributed by atoms with E-state index in [4.69, 9.17) is 9.63 Å². The first kappa shape index (κ1) is 28.0. The van der Waals surface area contributed by atoms with Gasteiger partial charge in [0.1, 0.15) is 17.9 Å². The molecule has 0 bridgehead atoms. The van der Waals surface area contributed by atoms with Crippen LogP contribution in [0.3, 0.4) is 0 Å². The molecule has 1 aliphatic rings. The number of carbonyl (C=O) groups excluding carboxylic acids is 3. The van der Waals surface area contributed by atoms with Crippen LogP contribution in [0.2, 0.25) is 0 Å². The summed E-state index contributed by atoms with van der Waals surface area (Å²) >= 11 is 1.67. The topological polar surface area (TPSA) is 72.8 Å². The minimum atomic E-state index is -0.952. The van der Waals surface area contributed by atoms with Crippen LogP contribution in [-0.4, -0.2) is 24.3 Å². The van der Waals surface area contributed by atoms with E-state index in [1.165, 1.54) is 6.92 Å². The molecule has 0 fully saturated rings. The first-order valence-corrected chi connectivity index (χ1v) is 12.7. The van der Waals surface area contributed by atoms with Crippen LogP contribution >= 0.6 is 11.8 Å². The van der Waals surface area contributed by atoms with Crippen LogP contribution in [0.15, 0.2) is 93.8 Å². The van der Waals surface area contributed by atoms with E-state index in [-0.39, 0.29) is 5.78 Å². The van der Waals surface area contributed by atoms with Gasteiger partial charge in [0, 0.05) is 16.2 Å². The maximum absolute atomic E-state index is 13.0. The summed E-state index contributed by atoms with van der Waals surface area (Å²) in [5, 5.41) is 3.70. The number of nitrogens with zero attached hydrogens (tertiary/aromatic N) is 1. The Labute approximate surface area is 212 Å². The molecule has 0 heterocycles. The van der Waals surface area contributed by atoms with E-state index in [2.05, 4.69) is 24.2 Å². The summed E-state index contributed by atoms with van der Waals surface area (Å²) in [5.74, 6) is -0.610. The third-order valence-corrected chi connectivity index (χ3v) is 6.41. The first-order valence-electron chi connectivity index (χ1n) is 11.9. The molecule has 1 atom stereocenters. The van der Waals surface area contributed by atoms with Gasteiger partial charge in [-0.2, -0.15) is 0 Å². The van der Waals surface area contributed by atoms with E-state index in [0.717, 1.165) is 53.5 Å². The molecule has 0 radical (unpaired) electrons. The number of unbranched alkanes of at least 4 members (excludes halogenated alkanes) is 3. The summed E-state index contributed by atoms with van der Waals surface area (Å²) in [5.41, 5.74) is -0.117. The van der Waals surface area contributed by atoms with Crippen LogP contribution in [-0.2, 0) is 24.6 Å². The third-order valence-electron chi connectivity index (χ3n) is 5.39. The Hall–Kier alpha value is -3.25. The average Bonchev–Trinajstić information content (AvgIpc) is 2.88. The molecule has 2 aromatic rings. The van der Waals surface area contributed by atoms with Gasteiger partial charge in [-0.05, 0) is 49.6 Å². The minimum Gasteiger partial charge on any atom is -0.317 e. The molecule has 0 aliphatic heterocycles. The summed E-state index contributed by atoms with van der Waals surface area (Å²) in [6, 6.07) is 18.1. The van der Waals surface area contributed by atoms with Crippen LogP contribution in [0.25, 0.3) is 0 Å². The summed E-state index contributed by atoms with van der Waals surface area (Å²) < 4.78 is 0. The molecule has 0 aromatic heterocycles. The van der Waals surface area contributed by atoms with E-state index in [9.17, 15) is 9.59 Å². The third kappa shape index (κ3) is 9.13. The lowest BCUT2D eigenvalue weighted by Gasteiger charge is -2.28. The zero-order chi connectivity index (χ0) is 25.4. The van der Waals surface area contributed by atoms with Crippen molar-refractivity contribution in [1.29, 1.82) is 0 Å². The highest BCUT2D eigenvalue weighted by Crippen LogP contribution is 2.36. The molecule has 184 valence electrons. The zero-order valence-electron chi connectivity index (χ0n) is 20.4. The monoisotopic (exact) mass is 491 g/mol. The number of allylic oxidation sites excluding steroid dienone is 3. The smallest absolute Gasteiger partial charge is 0.317 e. The summed E-state index contributed by atoms with van der Waals surface area (Å²) in [6.07, 6.45) is 14.4. The second-order valence-electron chi connectivity index (χ2n) is 8.03. The number of hydrogen-bond donors (Lipinski definition) is 0. The quantitative estimate of drug-likeness (QED) is 0.113. The number of aldehydes is 1. The lowest BCUT2D eigenvalue weighted by atomic mass is 9.75. The highest BCUT2D eigenvalue weighted by Gasteiger charge is 2.40. The first-order chi connectivity index (χ1) is 17.1. The summed E-state index contributed by atoms with van der Waals surface area (Å²) in [4.78, 5) is 41.2. The van der Waals surface area contributed by atoms with Gasteiger partial charge in [0.2, 0.25) is 0 Å². The van der Waals surface area contributed by atoms with Crippen LogP contribution in [0.4, 0.5) is 0 Å². The van der Waals surface area contributed by atoms with Gasteiger partial charge in [-0.3, -0.25) is 4.79 Å². The fraction of sp³-hybridized carbons (Fsp3) is 0.310. The average molecular weight is 492 g/mol. The molecule has 35 heavy (non-hydrogen) atoms. The van der Waals surface area contributed by atoms with E-state index in [1.54, 1.807) is 11.8 Å². The number of benzene rings is 2. The highest BCUT2D eigenvalue weighted by atomic mass is 32.2. The maximum atomic E-state index is 13.0. The molecule has 3 rings (SSSR count). The number of hydrogen-bond acceptors (Lipinski definition) is 6. The van der Waals surface area contributed by atoms with E-state index in [1.807, 2.05) is 66.8 Å². The molecule has 1 unspecified atom stereocenters. The van der Waals surface area contributed by atoms with E-state index < -0.39 is 11.4 Å². The van der Waals surface area contributed by atoms with E-state index in [0.29, 0.717) is 12.8 Å². The van der Waals surface area contributed by atoms with Crippen LogP contribution in [0.1, 0.15) is 57.9 Å². The molecular weight excluding hydrogens is 458 g/mol. The molecule has 0 spiro atoms. The second-order valence-corrected chi connectivity index (χ2v) is 9.18. The van der Waals surface area contributed by atoms with Gasteiger partial charge in [-0.15, -0.1) is 0 Å². The van der Waals surface area contributed by atoms with Crippen LogP contribution in [0.5, 0.6) is 0 Å². The Balaban J connectivity index is 0.00000137. The van der Waals surface area contributed by atoms with Crippen molar-refractivity contribution in [3.63, 3.8) is 0 Å². The van der Waals surface area contributed by atoms with Crippen molar-refractivity contribution in [1.82, 2.24) is 0 Å². The highest BCUT2D eigenvalue weighted by molar-refractivity contribution is 7.99. The Morgan fingerprint density at radius 2 is 1.69 bits per heavy atom. The minimum absolute atomic E-state index is 0.121. The van der Waals surface area contributed by atoms with Gasteiger partial charge in [0.05, 0.1) is 0 Å². The summed E-state index contributed by atoms with van der Waals surface area (Å²) in [7, 11) is 0. The van der Waals surface area contributed by atoms with Crippen LogP contribution < -0.4 is 0 Å². The Morgan fingerprint density at radius 1 is 1.00 bits per heavy atom. The fourth-order valence-electron chi connectivity index (χ4n) is 3.55. The molecule has 5 nitrogen and oxygen atoms in total. The van der Waals surface area contributed by atoms with Gasteiger partial charge >= 0.3 is 5.97 Å². The fourth-order valence-corrected chi connectivity index (χ4v) is 4.39. The SMILES string of the molecule is CC=O.CCCCCCC(=O)C=NOC(=O)C1(c2ccc(Sc3ccccc3)cc2)C=CC=CC1. The molecule has 2 aromatic carbocycles. The standard InChI is InChI=1S/C27H29NO3S.C2H4O/c1-2-3-4-7-12-23(29)21-28-31-26(30)27(19-10-6-11-20-27)22-15-17-25(18-16-22)32-24-13-8-5-9-14-24;1-2-3/h5-6,8-11,13-19,21H,2-4,7,12,20H2,1H3;2H,1H3. The number of rotatable bonds is 11. The Bertz CT molecular complexity index is 1030. The van der Waals surface area contributed by atoms with Crippen molar-refractivity contribution in [3.05, 3.63) is 84.5 Å². The molecule has 0 amide bonds. The predicted molar refractivity (Wildman–Crippen MR) is 142 cm³/mol. The van der Waals surface area contributed by atoms with E-state index >= 15 is 0 Å². The van der Waals surface area contributed by atoms with Crippen molar-refractivity contribution in [2.45, 2.75) is 67.6 Å². The zero-order valence-corrected chi connectivity index (χ0v) is 21.2. The van der Waals surface area contributed by atoms with Crippen LogP contribution in [0, 0.1) is 0 Å². The number of carbonyl (C=O) groups is 3. The maximum Gasteiger partial charge on any atom is 0.349 e. The van der Waals surface area contributed by atoms with Crippen molar-refractivity contribution in [3.8, 4) is 0 Å². The largest absolute Gasteiger partial charge is 0.349 e. The Morgan fingerprint density at radius 3 is 2.31 bits per heavy atom. The predicted octanol–water partition coefficient (Wildman–Crippen LogP) is 6.87. The molecule has 0 saturated carbocycles. The Kier molecular flexibility index (Phi) is 12.5. The van der Waals surface area contributed by atoms with Gasteiger partial charge in [-0.25, -0.2) is 4.79 Å². The van der Waals surface area contributed by atoms with Crippen molar-refractivity contribution in [2.24, 2.45) is 5.16 Å². The van der Waals surface area contributed by atoms with Gasteiger partial charge < -0.3 is 9.63 Å². The summed E-state index contributed by atoms with van der Waals surface area (Å²) in [6.45, 7) is 3.57. The van der Waals surface area contributed by atoms with Gasteiger partial charge in [0.15, 0.2) is 5.78 Å². The lowest BCUT2D eigenvalue weighted by molar-refractivity contribution is -0.148. The van der Waals surface area contributed by atoms with Gasteiger partial charge in [-0.1, -0.05) is 97.7 Å². The molecular formula is C29H33NO4S. The van der Waals surface area contributed by atoms with Crippen molar-refractivity contribution in [2.75, 3.05) is 0 Å². The number of Topliss-reactive ketones (excluding diaryl/α,β-unsaturated/α-hetero) is 1. The van der Waals surface area contributed by atoms with Gasteiger partial charge in [0.25, 0.3) is 0 Å². The number of ketones is 1. The normalized spacial score (nSPS) is 16.4. The second kappa shape index (κ2) is 15.6. The molecule has 0 saturated heterocycles. The lowest BCUT2D eigenvalue weighted by Crippen LogP contribution is -2.35. The molecule has 1 aliphatic carbocycles. The number of oxime groups is 1. The van der Waals surface area contributed by atoms with Crippen molar-refractivity contribution < 1.29 is 19.2 Å². The molecule has 0 N–H and O–H groups in total. The molecule has 6 heteroatoms.